The van der Waals surface area contributed by atoms with E-state index in [-0.39, 0.29) is 31.7 Å². The van der Waals surface area contributed by atoms with Gasteiger partial charge in [0.15, 0.2) is 0 Å². The molecule has 0 bridgehead atoms. The topological polar surface area (TPSA) is 72.0 Å². The predicted molar refractivity (Wildman–Crippen MR) is 8.87 cm³/mol. The molecule has 3 nitrogen and oxygen atoms in total. The molecule has 0 saturated heterocycles. The van der Waals surface area contributed by atoms with Crippen LogP contribution in [-0.4, -0.2) is 16.0 Å². The third-order valence-electron chi connectivity index (χ3n) is 0. The Kier molecular flexibility index (Phi) is 268. The van der Waals surface area contributed by atoms with E-state index < -0.39 is 0 Å². The number of hydrogen-bond donors (Lipinski definition) is 2. The molecule has 4 heteroatoms. The molecule has 0 aromatic carbocycles. The molecule has 0 aromatic heterocycles. The summed E-state index contributed by atoms with van der Waals surface area (Å²) < 4.78 is 0. The molecule has 0 aliphatic heterocycles. The van der Waals surface area contributed by atoms with Crippen LogP contribution in [0, 0.1) is 0 Å². The van der Waals surface area contributed by atoms with Gasteiger partial charge in [-0.25, -0.2) is 0 Å². The maximum absolute atomic E-state index is 6.00. The predicted octanol–water partition coefficient (Wildman–Crippen LogP) is -0.810. The van der Waals surface area contributed by atoms with E-state index in [0.29, 0.717) is 0 Å². The number of rotatable bonds is 0. The second-order valence-electron chi connectivity index (χ2n) is 0. The summed E-state index contributed by atoms with van der Waals surface area (Å²) in [7, 11) is 0. The summed E-state index contributed by atoms with van der Waals surface area (Å²) in [5.74, 6) is 0. The minimum Gasteiger partial charge on any atom is -0.412 e. The fourth-order valence-corrected chi connectivity index (χ4v) is 0. The van der Waals surface area contributed by atoms with Gasteiger partial charge in [0.05, 0.1) is 0 Å². The van der Waals surface area contributed by atoms with Crippen molar-refractivity contribution in [2.45, 2.75) is 0 Å². The zero-order valence-electron chi connectivity index (χ0n) is 1.89. The Morgan fingerprint density at radius 3 is 1.00 bits per heavy atom. The van der Waals surface area contributed by atoms with Gasteiger partial charge in [0.1, 0.15) is 0 Å². The van der Waals surface area contributed by atoms with Crippen molar-refractivity contribution < 1.29 is 42.2 Å². The summed E-state index contributed by atoms with van der Waals surface area (Å²) in [6.45, 7) is 0. The van der Waals surface area contributed by atoms with Crippen molar-refractivity contribution >= 4 is 0 Å². The summed E-state index contributed by atoms with van der Waals surface area (Å²) in [5.41, 5.74) is 0. The van der Waals surface area contributed by atoms with E-state index in [1.54, 1.807) is 0 Å². The largest absolute Gasteiger partial charge is 0.412 e. The Morgan fingerprint density at radius 2 is 1.00 bits per heavy atom. The monoisotopic (exact) mass is 142 g/mol. The van der Waals surface area contributed by atoms with Crippen molar-refractivity contribution in [3.63, 3.8) is 0 Å². The quantitative estimate of drug-likeness (QED) is 0.344. The van der Waals surface area contributed by atoms with Crippen molar-refractivity contribution in [1.29, 1.82) is 0 Å². The van der Waals surface area contributed by atoms with Gasteiger partial charge in [0.2, 0.25) is 0 Å². The van der Waals surface area contributed by atoms with Crippen LogP contribution >= 0.6 is 0 Å². The molecule has 0 amide bonds. The molecule has 0 radical (unpaired) electrons. The molecule has 0 rings (SSSR count). The summed E-state index contributed by atoms with van der Waals surface area (Å²) in [4.78, 5) is 0. The first kappa shape index (κ1) is 21.7. The molecule has 0 aromatic rings. The van der Waals surface area contributed by atoms with Crippen LogP contribution in [0.4, 0.5) is 0 Å². The van der Waals surface area contributed by atoms with Gasteiger partial charge in [-0.05, 0) is 0 Å². The molecule has 0 saturated carbocycles. The minimum atomic E-state index is 0. The van der Waals surface area contributed by atoms with Gasteiger partial charge in [-0.2, -0.15) is 0 Å². The van der Waals surface area contributed by atoms with Crippen LogP contribution < -0.4 is 0 Å². The Morgan fingerprint density at radius 1 is 1.00 bits per heavy atom. The van der Waals surface area contributed by atoms with Gasteiger partial charge in [-0.15, -0.1) is 0 Å². The SMILES string of the molecule is O.OO.[Zr]. The maximum Gasteiger partial charge on any atom is 0 e. The summed E-state index contributed by atoms with van der Waals surface area (Å²) >= 11 is 0. The first-order chi connectivity index (χ1) is 1.00. The standard InChI is InChI=1S/H2O2.H2O.Zr/c1-2;;/h1-2H;1H2;. The van der Waals surface area contributed by atoms with Crippen molar-refractivity contribution in [1.82, 2.24) is 0 Å². The van der Waals surface area contributed by atoms with Crippen molar-refractivity contribution in [3.8, 4) is 0 Å². The van der Waals surface area contributed by atoms with E-state index in [1.165, 1.54) is 0 Å². The average molecular weight is 143 g/mol. The third-order valence-corrected chi connectivity index (χ3v) is 0. The van der Waals surface area contributed by atoms with Gasteiger partial charge in [-0.3, -0.25) is 10.5 Å². The second kappa shape index (κ2) is 49.3. The van der Waals surface area contributed by atoms with Gasteiger partial charge >= 0.3 is 0 Å². The van der Waals surface area contributed by atoms with E-state index >= 15 is 0 Å². The molecule has 0 unspecified atom stereocenters. The Hall–Kier alpha value is 0.763. The molecule has 0 spiro atoms. The fraction of sp³-hybridized carbons (Fsp3) is 0. The second-order valence-corrected chi connectivity index (χ2v) is 0. The number of hydrogen-bond acceptors (Lipinski definition) is 2. The van der Waals surface area contributed by atoms with Crippen LogP contribution in [0.15, 0.2) is 0 Å². The Bertz CT molecular complexity index is 3.25. The van der Waals surface area contributed by atoms with Gasteiger partial charge in [0.25, 0.3) is 0 Å². The maximum atomic E-state index is 6.00. The van der Waals surface area contributed by atoms with Crippen LogP contribution in [0.25, 0.3) is 0 Å². The van der Waals surface area contributed by atoms with Crippen molar-refractivity contribution in [3.05, 3.63) is 0 Å². The van der Waals surface area contributed by atoms with E-state index in [1.807, 2.05) is 0 Å². The normalized spacial score (nSPS) is 1.50. The smallest absolute Gasteiger partial charge is 0 e. The molecule has 0 aliphatic carbocycles. The Balaban J connectivity index is -0.00000000500. The van der Waals surface area contributed by atoms with Crippen LogP contribution in [0.3, 0.4) is 0 Å². The molecular formula is H4O3Zr. The van der Waals surface area contributed by atoms with E-state index in [4.69, 9.17) is 10.5 Å². The summed E-state index contributed by atoms with van der Waals surface area (Å²) in [5, 5.41) is 12.0. The first-order valence-corrected chi connectivity index (χ1v) is 0.200. The van der Waals surface area contributed by atoms with Crippen molar-refractivity contribution in [2.75, 3.05) is 0 Å². The molecule has 26 valence electrons. The minimum absolute atomic E-state index is 0. The van der Waals surface area contributed by atoms with Crippen LogP contribution in [-0.2, 0) is 26.2 Å². The average Bonchev–Trinajstić information content (AvgIpc) is 1.00. The molecule has 0 heterocycles. The fourth-order valence-electron chi connectivity index (χ4n) is 0. The molecular weight excluding hydrogens is 139 g/mol. The van der Waals surface area contributed by atoms with E-state index in [0.717, 1.165) is 0 Å². The third kappa shape index (κ3) is 14.7. The zero-order valence-corrected chi connectivity index (χ0v) is 4.35. The van der Waals surface area contributed by atoms with Gasteiger partial charge in [0, 0.05) is 26.2 Å². The zero-order chi connectivity index (χ0) is 2.00. The van der Waals surface area contributed by atoms with Crippen LogP contribution in [0.1, 0.15) is 0 Å². The summed E-state index contributed by atoms with van der Waals surface area (Å²) in [6, 6.07) is 0. The van der Waals surface area contributed by atoms with Crippen LogP contribution in [0.5, 0.6) is 0 Å². The molecule has 0 fully saturated rings. The molecule has 4 heavy (non-hydrogen) atoms. The van der Waals surface area contributed by atoms with Gasteiger partial charge in [-0.1, -0.05) is 0 Å². The Labute approximate surface area is 42.6 Å². The van der Waals surface area contributed by atoms with Crippen LogP contribution in [0.2, 0.25) is 0 Å². The van der Waals surface area contributed by atoms with Gasteiger partial charge < -0.3 is 5.48 Å². The van der Waals surface area contributed by atoms with E-state index in [9.17, 15) is 0 Å². The van der Waals surface area contributed by atoms with E-state index in [2.05, 4.69) is 0 Å². The molecule has 0 aliphatic rings. The first-order valence-electron chi connectivity index (χ1n) is 0.200. The summed E-state index contributed by atoms with van der Waals surface area (Å²) in [6.07, 6.45) is 0. The molecule has 0 atom stereocenters. The molecule has 4 N–H and O–H groups in total. The van der Waals surface area contributed by atoms with Crippen molar-refractivity contribution in [2.24, 2.45) is 0 Å².